The topological polar surface area (TPSA) is 105 Å². The van der Waals surface area contributed by atoms with E-state index in [-0.39, 0.29) is 37.7 Å². The number of halogens is 1. The van der Waals surface area contributed by atoms with Crippen LogP contribution in [0.1, 0.15) is 52.5 Å². The second-order valence-electron chi connectivity index (χ2n) is 10.6. The van der Waals surface area contributed by atoms with E-state index in [1.165, 1.54) is 21.3 Å². The maximum Gasteiger partial charge on any atom is 0.243 e. The quantitative estimate of drug-likeness (QED) is 0.445. The van der Waals surface area contributed by atoms with E-state index in [1.54, 1.807) is 30.3 Å². The van der Waals surface area contributed by atoms with Crippen molar-refractivity contribution in [1.29, 1.82) is 0 Å². The smallest absolute Gasteiger partial charge is 0.243 e. The van der Waals surface area contributed by atoms with Crippen molar-refractivity contribution in [2.45, 2.75) is 65.1 Å². The number of anilines is 1. The van der Waals surface area contributed by atoms with Crippen LogP contribution in [0.2, 0.25) is 0 Å². The number of nitrogens with one attached hydrogen (secondary N) is 1. The molecule has 1 aliphatic heterocycles. The lowest BCUT2D eigenvalue weighted by Crippen LogP contribution is -2.53. The summed E-state index contributed by atoms with van der Waals surface area (Å²) in [5.41, 5.74) is 0.600. The summed E-state index contributed by atoms with van der Waals surface area (Å²) in [7, 11) is -3.66. The number of carbonyl (C=O) groups is 2. The second kappa shape index (κ2) is 12.7. The van der Waals surface area contributed by atoms with Crippen molar-refractivity contribution in [3.8, 4) is 11.5 Å². The molecule has 0 saturated heterocycles. The van der Waals surface area contributed by atoms with Crippen molar-refractivity contribution in [3.63, 3.8) is 0 Å². The molecule has 11 heteroatoms. The maximum absolute atomic E-state index is 13.5. The van der Waals surface area contributed by atoms with Crippen LogP contribution in [0.3, 0.4) is 0 Å². The molecular formula is C28H38FN3O6S. The Balaban J connectivity index is 1.78. The Hall–Kier alpha value is -3.34. The molecule has 2 aromatic rings. The number of benzene rings is 2. The van der Waals surface area contributed by atoms with E-state index in [0.717, 1.165) is 6.26 Å². The van der Waals surface area contributed by atoms with Gasteiger partial charge in [-0.3, -0.25) is 13.9 Å². The Morgan fingerprint density at radius 3 is 2.28 bits per heavy atom. The molecule has 0 fully saturated rings. The number of carbonyl (C=O) groups excluding carboxylic acids is 2. The SMILES string of the molecule is CCC(C(=O)NC(C)(C)C)N(Cc1ccc(F)cc1)C(=O)CCCN(c1ccc2c(c1)OCCO2)S(C)(=O)=O. The number of amides is 2. The van der Waals surface area contributed by atoms with Gasteiger partial charge in [-0.2, -0.15) is 0 Å². The predicted molar refractivity (Wildman–Crippen MR) is 148 cm³/mol. The molecule has 0 aliphatic carbocycles. The third-order valence-electron chi connectivity index (χ3n) is 6.12. The monoisotopic (exact) mass is 563 g/mol. The molecule has 2 amide bonds. The summed E-state index contributed by atoms with van der Waals surface area (Å²) in [5, 5.41) is 2.94. The Morgan fingerprint density at radius 2 is 1.69 bits per heavy atom. The van der Waals surface area contributed by atoms with Gasteiger partial charge in [-0.25, -0.2) is 12.8 Å². The average molecular weight is 564 g/mol. The summed E-state index contributed by atoms with van der Waals surface area (Å²) in [6.45, 7) is 8.38. The molecule has 39 heavy (non-hydrogen) atoms. The van der Waals surface area contributed by atoms with Gasteiger partial charge in [0.2, 0.25) is 21.8 Å². The van der Waals surface area contributed by atoms with Crippen molar-refractivity contribution < 1.29 is 31.9 Å². The molecule has 3 rings (SSSR count). The van der Waals surface area contributed by atoms with Crippen molar-refractivity contribution in [3.05, 3.63) is 53.8 Å². The predicted octanol–water partition coefficient (Wildman–Crippen LogP) is 3.87. The minimum absolute atomic E-state index is 0.0110. The molecule has 1 atom stereocenters. The van der Waals surface area contributed by atoms with Gasteiger partial charge >= 0.3 is 0 Å². The first-order valence-electron chi connectivity index (χ1n) is 13.0. The van der Waals surface area contributed by atoms with Crippen LogP contribution < -0.4 is 19.1 Å². The van der Waals surface area contributed by atoms with Gasteiger partial charge < -0.3 is 19.7 Å². The van der Waals surface area contributed by atoms with Gasteiger partial charge in [0.1, 0.15) is 25.1 Å². The van der Waals surface area contributed by atoms with E-state index in [4.69, 9.17) is 9.47 Å². The highest BCUT2D eigenvalue weighted by atomic mass is 32.2. The molecule has 0 saturated carbocycles. The average Bonchev–Trinajstić information content (AvgIpc) is 2.85. The number of fused-ring (bicyclic) bond motifs is 1. The van der Waals surface area contributed by atoms with Gasteiger partial charge in [0, 0.05) is 31.1 Å². The molecule has 2 aromatic carbocycles. The molecular weight excluding hydrogens is 525 g/mol. The lowest BCUT2D eigenvalue weighted by molar-refractivity contribution is -0.142. The Labute approximate surface area is 230 Å². The van der Waals surface area contributed by atoms with Crippen molar-refractivity contribution in [2.24, 2.45) is 0 Å². The van der Waals surface area contributed by atoms with Gasteiger partial charge in [0.25, 0.3) is 0 Å². The van der Waals surface area contributed by atoms with E-state index in [2.05, 4.69) is 5.32 Å². The maximum atomic E-state index is 13.5. The Bertz CT molecular complexity index is 1260. The molecule has 1 heterocycles. The fourth-order valence-electron chi connectivity index (χ4n) is 4.35. The Kier molecular flexibility index (Phi) is 9.82. The molecule has 1 N–H and O–H groups in total. The zero-order valence-corrected chi connectivity index (χ0v) is 24.0. The molecule has 1 aliphatic rings. The number of ether oxygens (including phenoxy) is 2. The number of sulfonamides is 1. The number of nitrogens with zero attached hydrogens (tertiary/aromatic N) is 2. The first kappa shape index (κ1) is 30.2. The summed E-state index contributed by atoms with van der Waals surface area (Å²) in [5.74, 6) is 0.0308. The second-order valence-corrected chi connectivity index (χ2v) is 12.5. The zero-order chi connectivity index (χ0) is 28.8. The highest BCUT2D eigenvalue weighted by molar-refractivity contribution is 7.92. The fraction of sp³-hybridized carbons (Fsp3) is 0.500. The zero-order valence-electron chi connectivity index (χ0n) is 23.2. The number of hydrogen-bond donors (Lipinski definition) is 1. The largest absolute Gasteiger partial charge is 0.486 e. The lowest BCUT2D eigenvalue weighted by Gasteiger charge is -2.33. The highest BCUT2D eigenvalue weighted by Crippen LogP contribution is 2.34. The summed E-state index contributed by atoms with van der Waals surface area (Å²) >= 11 is 0. The van der Waals surface area contributed by atoms with Crippen LogP contribution in [-0.4, -0.2) is 62.7 Å². The van der Waals surface area contributed by atoms with Crippen LogP contribution in [-0.2, 0) is 26.2 Å². The van der Waals surface area contributed by atoms with Gasteiger partial charge in [-0.1, -0.05) is 19.1 Å². The van der Waals surface area contributed by atoms with E-state index >= 15 is 0 Å². The van der Waals surface area contributed by atoms with Crippen LogP contribution in [0.5, 0.6) is 11.5 Å². The molecule has 0 spiro atoms. The fourth-order valence-corrected chi connectivity index (χ4v) is 5.31. The van der Waals surface area contributed by atoms with Crippen molar-refractivity contribution in [1.82, 2.24) is 10.2 Å². The van der Waals surface area contributed by atoms with E-state index in [9.17, 15) is 22.4 Å². The van der Waals surface area contributed by atoms with E-state index in [0.29, 0.717) is 42.4 Å². The van der Waals surface area contributed by atoms with Crippen LogP contribution in [0, 0.1) is 5.82 Å². The normalized spacial score (nSPS) is 13.9. The summed E-state index contributed by atoms with van der Waals surface area (Å²) in [6, 6.07) is 9.96. The summed E-state index contributed by atoms with van der Waals surface area (Å²) in [6.07, 6.45) is 1.71. The van der Waals surface area contributed by atoms with Gasteiger partial charge in [-0.05, 0) is 63.4 Å². The van der Waals surface area contributed by atoms with E-state index < -0.39 is 27.4 Å². The lowest BCUT2D eigenvalue weighted by atomic mass is 10.0. The van der Waals surface area contributed by atoms with Crippen LogP contribution in [0.25, 0.3) is 0 Å². The molecule has 1 unspecified atom stereocenters. The molecule has 0 radical (unpaired) electrons. The van der Waals surface area contributed by atoms with Gasteiger partial charge in [-0.15, -0.1) is 0 Å². The van der Waals surface area contributed by atoms with Crippen molar-refractivity contribution >= 4 is 27.5 Å². The van der Waals surface area contributed by atoms with Crippen LogP contribution in [0.4, 0.5) is 10.1 Å². The standard InChI is InChI=1S/C28H38FN3O6S/c1-6-23(27(34)30-28(2,3)4)31(19-20-9-11-21(29)12-10-20)26(33)8-7-15-32(39(5,35)36)22-13-14-24-25(18-22)38-17-16-37-24/h9-14,18,23H,6-8,15-17,19H2,1-5H3,(H,30,34). The van der Waals surface area contributed by atoms with Crippen LogP contribution in [0.15, 0.2) is 42.5 Å². The van der Waals surface area contributed by atoms with E-state index in [1.807, 2.05) is 27.7 Å². The molecule has 0 aromatic heterocycles. The number of rotatable bonds is 11. The molecule has 0 bridgehead atoms. The van der Waals surface area contributed by atoms with Gasteiger partial charge in [0.15, 0.2) is 11.5 Å². The third-order valence-corrected chi connectivity index (χ3v) is 7.31. The minimum atomic E-state index is -3.66. The minimum Gasteiger partial charge on any atom is -0.486 e. The summed E-state index contributed by atoms with van der Waals surface area (Å²) < 4.78 is 51.1. The third kappa shape index (κ3) is 8.58. The van der Waals surface area contributed by atoms with Crippen molar-refractivity contribution in [2.75, 3.05) is 30.3 Å². The first-order chi connectivity index (χ1) is 18.3. The highest BCUT2D eigenvalue weighted by Gasteiger charge is 2.31. The van der Waals surface area contributed by atoms with Gasteiger partial charge in [0.05, 0.1) is 11.9 Å². The number of hydrogen-bond acceptors (Lipinski definition) is 6. The molecule has 9 nitrogen and oxygen atoms in total. The van der Waals surface area contributed by atoms with Crippen LogP contribution >= 0.6 is 0 Å². The first-order valence-corrected chi connectivity index (χ1v) is 14.9. The summed E-state index contributed by atoms with van der Waals surface area (Å²) in [4.78, 5) is 28.1. The Morgan fingerprint density at radius 1 is 1.05 bits per heavy atom. The molecule has 214 valence electrons.